The minimum Gasteiger partial charge on any atom is -0.444 e. The summed E-state index contributed by atoms with van der Waals surface area (Å²) in [5.41, 5.74) is 1.56. The summed E-state index contributed by atoms with van der Waals surface area (Å²) in [6.45, 7) is 16.0. The molecule has 0 spiro atoms. The van der Waals surface area contributed by atoms with Crippen LogP contribution in [-0.2, 0) is 14.0 Å². The van der Waals surface area contributed by atoms with Crippen molar-refractivity contribution in [3.05, 3.63) is 53.0 Å². The van der Waals surface area contributed by atoms with E-state index in [4.69, 9.17) is 14.0 Å². The molecule has 2 aromatic rings. The van der Waals surface area contributed by atoms with Crippen LogP contribution in [-0.4, -0.2) is 36.6 Å². The zero-order valence-electron chi connectivity index (χ0n) is 20.0. The van der Waals surface area contributed by atoms with Crippen molar-refractivity contribution in [2.45, 2.75) is 72.2 Å². The topological polar surface area (TPSA) is 56.8 Å². The number of carbonyl (C=O) groups excluding carboxylic acids is 1. The van der Waals surface area contributed by atoms with Crippen LogP contribution in [0.2, 0.25) is 0 Å². The number of hydrogen-bond acceptors (Lipinski definition) is 4. The molecule has 1 aliphatic heterocycles. The largest absolute Gasteiger partial charge is 0.492 e. The number of amides is 1. The molecule has 0 unspecified atom stereocenters. The van der Waals surface area contributed by atoms with E-state index >= 15 is 0 Å². The van der Waals surface area contributed by atoms with Gasteiger partial charge in [0.1, 0.15) is 5.60 Å². The van der Waals surface area contributed by atoms with E-state index in [0.29, 0.717) is 0 Å². The third-order valence-electron chi connectivity index (χ3n) is 5.91. The van der Waals surface area contributed by atoms with Gasteiger partial charge in [0.05, 0.1) is 11.2 Å². The molecule has 5 nitrogen and oxygen atoms in total. The number of hydrogen-bond donors (Lipinski definition) is 1. The Morgan fingerprint density at radius 3 is 2.29 bits per heavy atom. The van der Waals surface area contributed by atoms with Crippen molar-refractivity contribution in [2.24, 2.45) is 0 Å². The predicted octanol–water partition coefficient (Wildman–Crippen LogP) is 5.69. The molecule has 0 atom stereocenters. The lowest BCUT2D eigenvalue weighted by atomic mass is 9.76. The Labute approximate surface area is 186 Å². The molecule has 3 rings (SSSR count). The second-order valence-corrected chi connectivity index (χ2v) is 10.2. The second kappa shape index (κ2) is 8.32. The number of nitrogens with one attached hydrogen (secondary N) is 1. The predicted molar refractivity (Wildman–Crippen MR) is 127 cm³/mol. The molecule has 166 valence electrons. The molecule has 6 heteroatoms. The molecular formula is C25H34BNO4. The Bertz CT molecular complexity index is 988. The van der Waals surface area contributed by atoms with Gasteiger partial charge in [-0.1, -0.05) is 42.5 Å². The van der Waals surface area contributed by atoms with Crippen molar-refractivity contribution in [3.63, 3.8) is 0 Å². The first-order valence-electron chi connectivity index (χ1n) is 10.8. The standard InChI is InChI=1S/C25H34BNO4/c1-17-13-14-18-11-9-10-12-20(18)21(17)15-19(16-27-22(28)29-23(2,3)4)26-30-24(5,6)25(7,8)31-26/h9-15H,16H2,1-8H3,(H,27,28). The van der Waals surface area contributed by atoms with Crippen molar-refractivity contribution in [3.8, 4) is 0 Å². The normalized spacial score (nSPS) is 18.3. The Morgan fingerprint density at radius 2 is 1.68 bits per heavy atom. The summed E-state index contributed by atoms with van der Waals surface area (Å²) in [7, 11) is -0.571. The monoisotopic (exact) mass is 423 g/mol. The molecule has 1 heterocycles. The van der Waals surface area contributed by atoms with Crippen LogP contribution >= 0.6 is 0 Å². The minimum absolute atomic E-state index is 0.258. The maximum atomic E-state index is 12.3. The summed E-state index contributed by atoms with van der Waals surface area (Å²) < 4.78 is 18.0. The van der Waals surface area contributed by atoms with Crippen LogP contribution in [0.5, 0.6) is 0 Å². The van der Waals surface area contributed by atoms with Crippen LogP contribution in [0.1, 0.15) is 59.6 Å². The maximum Gasteiger partial charge on any atom is 0.492 e. The van der Waals surface area contributed by atoms with E-state index in [1.165, 1.54) is 0 Å². The molecule has 1 N–H and O–H groups in total. The lowest BCUT2D eigenvalue weighted by Gasteiger charge is -2.32. The van der Waals surface area contributed by atoms with Crippen LogP contribution in [0.4, 0.5) is 4.79 Å². The third-order valence-corrected chi connectivity index (χ3v) is 5.91. The first-order valence-corrected chi connectivity index (χ1v) is 10.8. The number of benzene rings is 2. The average molecular weight is 423 g/mol. The van der Waals surface area contributed by atoms with Gasteiger partial charge in [-0.25, -0.2) is 4.79 Å². The van der Waals surface area contributed by atoms with Crippen LogP contribution < -0.4 is 5.32 Å². The minimum atomic E-state index is -0.571. The second-order valence-electron chi connectivity index (χ2n) is 10.2. The molecule has 1 fully saturated rings. The van der Waals surface area contributed by atoms with Gasteiger partial charge in [0, 0.05) is 6.54 Å². The highest BCUT2D eigenvalue weighted by molar-refractivity contribution is 6.56. The first-order chi connectivity index (χ1) is 14.3. The Kier molecular flexibility index (Phi) is 6.27. The van der Waals surface area contributed by atoms with Crippen LogP contribution in [0.15, 0.2) is 41.9 Å². The van der Waals surface area contributed by atoms with E-state index in [1.807, 2.05) is 60.6 Å². The highest BCUT2D eigenvalue weighted by Gasteiger charge is 2.52. The molecular weight excluding hydrogens is 389 g/mol. The zero-order valence-corrected chi connectivity index (χ0v) is 20.0. The molecule has 31 heavy (non-hydrogen) atoms. The quantitative estimate of drug-likeness (QED) is 0.642. The molecule has 1 amide bonds. The van der Waals surface area contributed by atoms with Crippen LogP contribution in [0.3, 0.4) is 0 Å². The number of ether oxygens (including phenoxy) is 1. The fraction of sp³-hybridized carbons (Fsp3) is 0.480. The molecule has 1 saturated heterocycles. The van der Waals surface area contributed by atoms with Crippen molar-refractivity contribution in [1.82, 2.24) is 5.32 Å². The van der Waals surface area contributed by atoms with Crippen molar-refractivity contribution >= 4 is 30.1 Å². The number of carbonyl (C=O) groups is 1. The summed E-state index contributed by atoms with van der Waals surface area (Å²) in [6.07, 6.45) is 1.61. The van der Waals surface area contributed by atoms with E-state index in [-0.39, 0.29) is 6.54 Å². The SMILES string of the molecule is Cc1ccc2ccccc2c1C=C(CNC(=O)OC(C)(C)C)B1OC(C)(C)C(C)(C)O1. The average Bonchev–Trinajstić information content (AvgIpc) is 2.86. The molecule has 0 aromatic heterocycles. The van der Waals surface area contributed by atoms with E-state index < -0.39 is 30.0 Å². The Morgan fingerprint density at radius 1 is 1.06 bits per heavy atom. The van der Waals surface area contributed by atoms with Crippen molar-refractivity contribution in [1.29, 1.82) is 0 Å². The lowest BCUT2D eigenvalue weighted by molar-refractivity contribution is 0.00578. The fourth-order valence-corrected chi connectivity index (χ4v) is 3.47. The fourth-order valence-electron chi connectivity index (χ4n) is 3.47. The Balaban J connectivity index is 1.99. The van der Waals surface area contributed by atoms with Crippen LogP contribution in [0.25, 0.3) is 16.8 Å². The van der Waals surface area contributed by atoms with E-state index in [0.717, 1.165) is 27.4 Å². The summed E-state index contributed by atoms with van der Waals surface area (Å²) in [5.74, 6) is 0. The highest BCUT2D eigenvalue weighted by Crippen LogP contribution is 2.39. The number of alkyl carbamates (subject to hydrolysis) is 1. The Hall–Kier alpha value is -2.31. The van der Waals surface area contributed by atoms with E-state index in [9.17, 15) is 4.79 Å². The summed E-state index contributed by atoms with van der Waals surface area (Å²) in [5, 5.41) is 5.18. The van der Waals surface area contributed by atoms with Crippen molar-refractivity contribution < 1.29 is 18.8 Å². The third kappa shape index (κ3) is 5.31. The van der Waals surface area contributed by atoms with Gasteiger partial charge in [-0.15, -0.1) is 0 Å². The highest BCUT2D eigenvalue weighted by atomic mass is 16.7. The lowest BCUT2D eigenvalue weighted by Crippen LogP contribution is -2.41. The molecule has 0 radical (unpaired) electrons. The van der Waals surface area contributed by atoms with Gasteiger partial charge in [0.25, 0.3) is 0 Å². The van der Waals surface area contributed by atoms with E-state index in [2.05, 4.69) is 42.6 Å². The summed E-state index contributed by atoms with van der Waals surface area (Å²) >= 11 is 0. The van der Waals surface area contributed by atoms with E-state index in [1.54, 1.807) is 0 Å². The van der Waals surface area contributed by atoms with Gasteiger partial charge in [-0.2, -0.15) is 0 Å². The van der Waals surface area contributed by atoms with Crippen molar-refractivity contribution in [2.75, 3.05) is 6.54 Å². The smallest absolute Gasteiger partial charge is 0.444 e. The number of aryl methyl sites for hydroxylation is 1. The number of fused-ring (bicyclic) bond motifs is 1. The molecule has 0 bridgehead atoms. The van der Waals surface area contributed by atoms with Gasteiger partial charge < -0.3 is 19.4 Å². The summed E-state index contributed by atoms with van der Waals surface area (Å²) in [6, 6.07) is 12.5. The first kappa shape index (κ1) is 23.4. The van der Waals surface area contributed by atoms with Gasteiger partial charge in [0.2, 0.25) is 0 Å². The molecule has 0 aliphatic carbocycles. The molecule has 1 aliphatic rings. The van der Waals surface area contributed by atoms with Crippen LogP contribution in [0, 0.1) is 6.92 Å². The van der Waals surface area contributed by atoms with Gasteiger partial charge >= 0.3 is 13.2 Å². The number of rotatable bonds is 4. The maximum absolute atomic E-state index is 12.3. The molecule has 2 aromatic carbocycles. The molecule has 0 saturated carbocycles. The van der Waals surface area contributed by atoms with Gasteiger partial charge in [-0.05, 0) is 82.8 Å². The summed E-state index contributed by atoms with van der Waals surface area (Å²) in [4.78, 5) is 12.3. The zero-order chi connectivity index (χ0) is 23.0. The van der Waals surface area contributed by atoms with Gasteiger partial charge in [0.15, 0.2) is 0 Å². The van der Waals surface area contributed by atoms with Gasteiger partial charge in [-0.3, -0.25) is 0 Å².